The lowest BCUT2D eigenvalue weighted by atomic mass is 10.1. The summed E-state index contributed by atoms with van der Waals surface area (Å²) in [6, 6.07) is 5.53. The Hall–Kier alpha value is -2.59. The van der Waals surface area contributed by atoms with Crippen molar-refractivity contribution in [2.24, 2.45) is 0 Å². The number of nitrogen functional groups attached to an aromatic ring is 1. The van der Waals surface area contributed by atoms with Gasteiger partial charge >= 0.3 is 6.04 Å². The quantitative estimate of drug-likeness (QED) is 0.780. The van der Waals surface area contributed by atoms with E-state index in [1.54, 1.807) is 6.07 Å². The number of halogens is 1. The molecule has 156 valence electrons. The second-order valence-electron chi connectivity index (χ2n) is 7.36. The van der Waals surface area contributed by atoms with Gasteiger partial charge in [-0.25, -0.2) is 13.4 Å². The first-order chi connectivity index (χ1) is 13.6. The van der Waals surface area contributed by atoms with Gasteiger partial charge in [-0.15, -0.1) is 0 Å². The van der Waals surface area contributed by atoms with Crippen molar-refractivity contribution in [3.63, 3.8) is 0 Å². The zero-order valence-electron chi connectivity index (χ0n) is 16.2. The van der Waals surface area contributed by atoms with Gasteiger partial charge in [-0.05, 0) is 44.0 Å². The number of alkyl halides is 1. The first kappa shape index (κ1) is 19.7. The number of rotatable bonds is 4. The number of sulfonamides is 1. The number of nitrogens with zero attached hydrogens (tertiary/aromatic N) is 2. The molecule has 0 spiro atoms. The highest BCUT2D eigenvalue weighted by Gasteiger charge is 2.38. The predicted octanol–water partition coefficient (Wildman–Crippen LogP) is 2.65. The first-order valence-electron chi connectivity index (χ1n) is 9.35. The van der Waals surface area contributed by atoms with E-state index in [0.29, 0.717) is 37.4 Å². The van der Waals surface area contributed by atoms with Crippen molar-refractivity contribution in [1.29, 1.82) is 0 Å². The Labute approximate surface area is 168 Å². The van der Waals surface area contributed by atoms with Crippen molar-refractivity contribution in [2.75, 3.05) is 24.1 Å². The monoisotopic (exact) mass is 422 g/mol. The number of hydrogen-bond acceptors (Lipinski definition) is 7. The van der Waals surface area contributed by atoms with E-state index in [2.05, 4.69) is 10.3 Å². The summed E-state index contributed by atoms with van der Waals surface area (Å²) in [6.45, 7) is 3.70. The van der Waals surface area contributed by atoms with Crippen LogP contribution in [0.3, 0.4) is 0 Å². The molecule has 10 heteroatoms. The molecular weight excluding hydrogens is 399 g/mol. The van der Waals surface area contributed by atoms with Crippen molar-refractivity contribution in [1.82, 2.24) is 9.29 Å². The highest BCUT2D eigenvalue weighted by Crippen LogP contribution is 2.41. The van der Waals surface area contributed by atoms with Crippen molar-refractivity contribution < 1.29 is 22.3 Å². The molecule has 3 heterocycles. The Morgan fingerprint density at radius 3 is 2.62 bits per heavy atom. The molecule has 1 fully saturated rings. The van der Waals surface area contributed by atoms with Crippen molar-refractivity contribution in [3.05, 3.63) is 36.0 Å². The summed E-state index contributed by atoms with van der Waals surface area (Å²) in [5.74, 6) is 0.880. The van der Waals surface area contributed by atoms with Gasteiger partial charge in [-0.3, -0.25) is 0 Å². The van der Waals surface area contributed by atoms with Crippen LogP contribution in [0.2, 0.25) is 0 Å². The van der Waals surface area contributed by atoms with Crippen LogP contribution >= 0.6 is 0 Å². The van der Waals surface area contributed by atoms with Gasteiger partial charge in [-0.2, -0.15) is 8.70 Å². The third kappa shape index (κ3) is 3.95. The van der Waals surface area contributed by atoms with Crippen molar-refractivity contribution in [2.45, 2.75) is 43.7 Å². The predicted molar refractivity (Wildman–Crippen MR) is 106 cm³/mol. The Morgan fingerprint density at radius 2 is 1.90 bits per heavy atom. The van der Waals surface area contributed by atoms with Gasteiger partial charge in [0.25, 0.3) is 0 Å². The number of piperidine rings is 1. The molecule has 1 aromatic heterocycles. The molecule has 1 aromatic carbocycles. The van der Waals surface area contributed by atoms with E-state index in [4.69, 9.17) is 15.2 Å². The lowest BCUT2D eigenvalue weighted by Crippen LogP contribution is -2.42. The van der Waals surface area contributed by atoms with E-state index in [9.17, 15) is 12.8 Å². The lowest BCUT2D eigenvalue weighted by Gasteiger charge is -2.32. The number of fused-ring (bicyclic) bond motifs is 1. The third-order valence-corrected chi connectivity index (χ3v) is 6.89. The average Bonchev–Trinajstić information content (AvgIpc) is 2.98. The van der Waals surface area contributed by atoms with E-state index in [1.165, 1.54) is 22.5 Å². The Kier molecular flexibility index (Phi) is 4.78. The fraction of sp³-hybridized carbons (Fsp3) is 0.421. The van der Waals surface area contributed by atoms with Gasteiger partial charge in [0.05, 0.1) is 10.6 Å². The maximum absolute atomic E-state index is 13.8. The van der Waals surface area contributed by atoms with Crippen molar-refractivity contribution in [3.8, 4) is 11.5 Å². The summed E-state index contributed by atoms with van der Waals surface area (Å²) in [4.78, 5) is 4.45. The minimum Gasteiger partial charge on any atom is -0.423 e. The maximum atomic E-state index is 13.8. The summed E-state index contributed by atoms with van der Waals surface area (Å²) in [5.41, 5.74) is 7.38. The molecule has 4 rings (SSSR count). The average molecular weight is 422 g/mol. The molecule has 2 aliphatic heterocycles. The molecule has 0 amide bonds. The van der Waals surface area contributed by atoms with Gasteiger partial charge in [0.2, 0.25) is 10.0 Å². The molecule has 0 radical (unpaired) electrons. The van der Waals surface area contributed by atoms with E-state index < -0.39 is 16.1 Å². The second-order valence-corrected chi connectivity index (χ2v) is 9.30. The molecule has 2 aliphatic rings. The number of hydrogen-bond donors (Lipinski definition) is 2. The summed E-state index contributed by atoms with van der Waals surface area (Å²) >= 11 is 0. The molecule has 29 heavy (non-hydrogen) atoms. The van der Waals surface area contributed by atoms with Crippen LogP contribution in [-0.4, -0.2) is 42.9 Å². The van der Waals surface area contributed by atoms with Crippen LogP contribution in [0.25, 0.3) is 0 Å². The zero-order chi connectivity index (χ0) is 20.8. The topological polar surface area (TPSA) is 107 Å². The van der Waals surface area contributed by atoms with E-state index in [-0.39, 0.29) is 22.4 Å². The fourth-order valence-corrected chi connectivity index (χ4v) is 4.98. The number of anilines is 2. The second kappa shape index (κ2) is 7.03. The third-order valence-electron chi connectivity index (χ3n) is 5.00. The summed E-state index contributed by atoms with van der Waals surface area (Å²) in [6.07, 6.45) is 1.22. The minimum atomic E-state index is -3.72. The molecule has 0 aliphatic carbocycles. The van der Waals surface area contributed by atoms with E-state index in [0.717, 1.165) is 12.6 Å². The smallest absolute Gasteiger partial charge is 0.404 e. The molecule has 1 atom stereocenters. The van der Waals surface area contributed by atoms with Crippen LogP contribution in [0.15, 0.2) is 35.2 Å². The summed E-state index contributed by atoms with van der Waals surface area (Å²) in [7, 11) is -3.72. The number of nitrogens with two attached hydrogens (primary N) is 1. The number of nitrogens with one attached hydrogen (secondary N) is 1. The molecule has 1 unspecified atom stereocenters. The Balaban J connectivity index is 1.44. The lowest BCUT2D eigenvalue weighted by molar-refractivity contribution is -0.173. The zero-order valence-corrected chi connectivity index (χ0v) is 17.0. The molecule has 1 saturated heterocycles. The largest absolute Gasteiger partial charge is 0.423 e. The fourth-order valence-electron chi connectivity index (χ4n) is 3.49. The molecule has 2 aromatic rings. The van der Waals surface area contributed by atoms with Crippen molar-refractivity contribution >= 4 is 21.5 Å². The van der Waals surface area contributed by atoms with Gasteiger partial charge in [0.1, 0.15) is 5.82 Å². The van der Waals surface area contributed by atoms with E-state index >= 15 is 0 Å². The maximum Gasteiger partial charge on any atom is 0.404 e. The van der Waals surface area contributed by atoms with Crippen LogP contribution in [0.4, 0.5) is 15.9 Å². The first-order valence-corrected chi connectivity index (χ1v) is 10.8. The number of aromatic nitrogens is 1. The highest BCUT2D eigenvalue weighted by molar-refractivity contribution is 7.89. The van der Waals surface area contributed by atoms with Gasteiger partial charge < -0.3 is 20.5 Å². The summed E-state index contributed by atoms with van der Waals surface area (Å²) in [5, 5.41) is 3.31. The van der Waals surface area contributed by atoms with Crippen LogP contribution in [0.5, 0.6) is 11.5 Å². The Bertz CT molecular complexity index is 1040. The number of pyridine rings is 1. The van der Waals surface area contributed by atoms with Gasteiger partial charge in [0.15, 0.2) is 11.5 Å². The molecular formula is C19H23FN4O4S. The molecule has 0 saturated carbocycles. The normalized spacial score (nSPS) is 22.6. The number of ether oxygens (including phenoxy) is 2. The number of benzene rings is 1. The van der Waals surface area contributed by atoms with Crippen LogP contribution in [0, 0.1) is 6.92 Å². The van der Waals surface area contributed by atoms with Crippen LogP contribution in [-0.2, 0) is 10.0 Å². The highest BCUT2D eigenvalue weighted by atomic mass is 32.2. The molecule has 8 nitrogen and oxygen atoms in total. The van der Waals surface area contributed by atoms with Gasteiger partial charge in [0, 0.05) is 37.8 Å². The SMILES string of the molecule is Cc1ccc(N)c(NC2CCN(S(=O)(=O)c3ccc4c(c3)OC(C)(F)O4)CC2)n1. The Morgan fingerprint density at radius 1 is 1.21 bits per heavy atom. The minimum absolute atomic E-state index is 0.0496. The summed E-state index contributed by atoms with van der Waals surface area (Å²) < 4.78 is 51.2. The van der Waals surface area contributed by atoms with Gasteiger partial charge in [-0.1, -0.05) is 0 Å². The number of aryl methyl sites for hydroxylation is 1. The molecule has 3 N–H and O–H groups in total. The van der Waals surface area contributed by atoms with E-state index in [1.807, 2.05) is 13.0 Å². The van der Waals surface area contributed by atoms with Crippen LogP contribution < -0.4 is 20.5 Å². The molecule has 0 bridgehead atoms. The van der Waals surface area contributed by atoms with Crippen LogP contribution in [0.1, 0.15) is 25.5 Å². The standard InChI is InChI=1S/C19H23FN4O4S/c1-12-3-5-15(21)18(22-12)23-13-7-9-24(10-8-13)29(25,26)14-4-6-16-17(11-14)28-19(2,20)27-16/h3-6,11,13H,7-10,21H2,1-2H3,(H,22,23).